The van der Waals surface area contributed by atoms with Gasteiger partial charge in [-0.3, -0.25) is 8.42 Å². The zero-order valence-corrected chi connectivity index (χ0v) is 9.31. The maximum Gasteiger partial charge on any atom is 0.321 e. The van der Waals surface area contributed by atoms with E-state index in [1.54, 1.807) is 9.80 Å². The highest BCUT2D eigenvalue weighted by Crippen LogP contribution is 2.11. The first kappa shape index (κ1) is 10.1. The van der Waals surface area contributed by atoms with Crippen molar-refractivity contribution in [1.82, 2.24) is 9.80 Å². The first-order valence-corrected chi connectivity index (χ1v) is 7.38. The maximum atomic E-state index is 11.7. The van der Waals surface area contributed by atoms with Crippen LogP contribution < -0.4 is 0 Å². The van der Waals surface area contributed by atoms with Crippen molar-refractivity contribution in [2.24, 2.45) is 0 Å². The van der Waals surface area contributed by atoms with Crippen molar-refractivity contribution in [3.8, 4) is 0 Å². The normalized spacial score (nSPS) is 32.6. The fraction of sp³-hybridized carbons (Fsp3) is 0.857. The molecule has 2 rings (SSSR count). The van der Waals surface area contributed by atoms with Gasteiger partial charge in [-0.1, -0.05) is 0 Å². The average molecular weight is 236 g/mol. The minimum absolute atomic E-state index is 0.110. The molecule has 2 amide bonds. The number of carbonyl (C=O) groups is 1. The summed E-state index contributed by atoms with van der Waals surface area (Å²) in [7, 11) is -1.76. The fourth-order valence-electron chi connectivity index (χ4n) is 1.53. The Kier molecular flexibility index (Phi) is 2.87. The molecule has 0 saturated carbocycles. The van der Waals surface area contributed by atoms with Crippen LogP contribution >= 0.6 is 0 Å². The minimum Gasteiger partial charge on any atom is -0.312 e. The zero-order chi connectivity index (χ0) is 10.1. The lowest BCUT2D eigenvalue weighted by Gasteiger charge is -2.21. The van der Waals surface area contributed by atoms with Gasteiger partial charge >= 0.3 is 6.03 Å². The van der Waals surface area contributed by atoms with Gasteiger partial charge in [0.05, 0.1) is 11.8 Å². The van der Waals surface area contributed by atoms with Gasteiger partial charge in [0.25, 0.3) is 0 Å². The highest BCUT2D eigenvalue weighted by atomic mass is 32.2. The lowest BCUT2D eigenvalue weighted by atomic mass is 10.6. The van der Waals surface area contributed by atoms with Crippen LogP contribution in [0.25, 0.3) is 0 Å². The number of amides is 2. The van der Waals surface area contributed by atoms with Crippen LogP contribution in [0.4, 0.5) is 4.79 Å². The topological polar surface area (TPSA) is 57.7 Å². The molecular weight excluding hydrogens is 224 g/mol. The lowest BCUT2D eigenvalue weighted by Crippen LogP contribution is -2.40. The summed E-state index contributed by atoms with van der Waals surface area (Å²) in [5.74, 6) is 1.81. The van der Waals surface area contributed by atoms with E-state index >= 15 is 0 Å². The Morgan fingerprint density at radius 1 is 0.929 bits per heavy atom. The molecule has 80 valence electrons. The molecule has 2 atom stereocenters. The smallest absolute Gasteiger partial charge is 0.312 e. The Balaban J connectivity index is 1.95. The van der Waals surface area contributed by atoms with Crippen LogP contribution in [0.1, 0.15) is 0 Å². The van der Waals surface area contributed by atoms with E-state index in [-0.39, 0.29) is 6.03 Å². The van der Waals surface area contributed by atoms with Gasteiger partial charge in [0.1, 0.15) is 0 Å². The quantitative estimate of drug-likeness (QED) is 0.550. The molecule has 7 heteroatoms. The van der Waals surface area contributed by atoms with Gasteiger partial charge in [-0.05, 0) is 0 Å². The molecule has 2 saturated heterocycles. The van der Waals surface area contributed by atoms with Gasteiger partial charge < -0.3 is 9.80 Å². The fourth-order valence-corrected chi connectivity index (χ4v) is 3.81. The Morgan fingerprint density at radius 2 is 1.36 bits per heavy atom. The van der Waals surface area contributed by atoms with Crippen molar-refractivity contribution in [3.63, 3.8) is 0 Å². The highest BCUT2D eigenvalue weighted by molar-refractivity contribution is 7.85. The van der Waals surface area contributed by atoms with Crippen LogP contribution in [0, 0.1) is 0 Å². The number of hydrogen-bond acceptors (Lipinski definition) is 3. The van der Waals surface area contributed by atoms with Gasteiger partial charge in [-0.2, -0.15) is 0 Å². The van der Waals surface area contributed by atoms with Crippen LogP contribution in [-0.2, 0) is 21.6 Å². The number of rotatable bonds is 0. The largest absolute Gasteiger partial charge is 0.321 e. The number of carbonyl (C=O) groups excluding carboxylic acids is 1. The first-order chi connectivity index (χ1) is 6.66. The second-order valence-electron chi connectivity index (χ2n) is 3.36. The first-order valence-electron chi connectivity index (χ1n) is 4.40. The summed E-state index contributed by atoms with van der Waals surface area (Å²) >= 11 is 0. The number of hydrogen-bond donors (Lipinski definition) is 0. The van der Waals surface area contributed by atoms with Crippen LogP contribution in [-0.4, -0.2) is 60.6 Å². The van der Waals surface area contributed by atoms with Crippen LogP contribution in [0.2, 0.25) is 0 Å². The Labute approximate surface area is 87.3 Å². The predicted octanol–water partition coefficient (Wildman–Crippen LogP) is -0.850. The zero-order valence-electron chi connectivity index (χ0n) is 7.68. The summed E-state index contributed by atoms with van der Waals surface area (Å²) in [5.41, 5.74) is 0. The number of urea groups is 1. The van der Waals surface area contributed by atoms with Gasteiger partial charge in [0.15, 0.2) is 0 Å². The van der Waals surface area contributed by atoms with Crippen LogP contribution in [0.3, 0.4) is 0 Å². The number of nitrogens with zero attached hydrogens (tertiary/aromatic N) is 2. The summed E-state index contributed by atoms with van der Waals surface area (Å²) in [5, 5.41) is 0. The maximum absolute atomic E-state index is 11.7. The summed E-state index contributed by atoms with van der Waals surface area (Å²) in [6, 6.07) is -0.110. The van der Waals surface area contributed by atoms with Crippen LogP contribution in [0.15, 0.2) is 0 Å². The summed E-state index contributed by atoms with van der Waals surface area (Å²) in [4.78, 5) is 14.9. The molecule has 0 bridgehead atoms. The molecule has 0 aromatic carbocycles. The average Bonchev–Trinajstić information content (AvgIpc) is 2.73. The Bertz CT molecular complexity index is 279. The molecule has 14 heavy (non-hydrogen) atoms. The van der Waals surface area contributed by atoms with Crippen molar-refractivity contribution < 1.29 is 13.2 Å². The molecule has 0 N–H and O–H groups in total. The van der Waals surface area contributed by atoms with Gasteiger partial charge in [0, 0.05) is 46.2 Å². The summed E-state index contributed by atoms with van der Waals surface area (Å²) in [6.07, 6.45) is 0. The molecule has 0 spiro atoms. The van der Waals surface area contributed by atoms with Gasteiger partial charge in [-0.15, -0.1) is 0 Å². The Hall–Kier alpha value is -0.430. The second kappa shape index (κ2) is 3.98. The molecule has 0 aromatic heterocycles. The van der Waals surface area contributed by atoms with E-state index < -0.39 is 21.6 Å². The third-order valence-electron chi connectivity index (χ3n) is 2.32. The van der Waals surface area contributed by atoms with E-state index in [0.29, 0.717) is 36.3 Å². The molecule has 0 aromatic rings. The van der Waals surface area contributed by atoms with Crippen molar-refractivity contribution >= 4 is 27.6 Å². The van der Waals surface area contributed by atoms with Crippen molar-refractivity contribution in [2.75, 3.05) is 36.3 Å². The van der Waals surface area contributed by atoms with Crippen molar-refractivity contribution in [3.05, 3.63) is 0 Å². The molecule has 2 aliphatic rings. The second-order valence-corrected chi connectivity index (χ2v) is 6.45. The standard InChI is InChI=1S/C7H12N2O3S2/c10-7(8-1-3-13(11)5-8)9-2-4-14(12)6-9/h1-6H2. The van der Waals surface area contributed by atoms with E-state index in [0.717, 1.165) is 0 Å². The molecule has 2 aliphatic heterocycles. The molecule has 2 unspecified atom stereocenters. The molecule has 0 radical (unpaired) electrons. The van der Waals surface area contributed by atoms with Crippen molar-refractivity contribution in [1.29, 1.82) is 0 Å². The third kappa shape index (κ3) is 1.98. The molecule has 0 aliphatic carbocycles. The lowest BCUT2D eigenvalue weighted by molar-refractivity contribution is 0.178. The van der Waals surface area contributed by atoms with E-state index in [4.69, 9.17) is 0 Å². The van der Waals surface area contributed by atoms with E-state index in [2.05, 4.69) is 0 Å². The van der Waals surface area contributed by atoms with E-state index in [1.807, 2.05) is 0 Å². The minimum atomic E-state index is -0.880. The van der Waals surface area contributed by atoms with E-state index in [1.165, 1.54) is 0 Å². The SMILES string of the molecule is O=C(N1CCS(=O)C1)N1CCS(=O)C1. The molecule has 2 heterocycles. The predicted molar refractivity (Wildman–Crippen MR) is 54.6 cm³/mol. The van der Waals surface area contributed by atoms with E-state index in [9.17, 15) is 13.2 Å². The van der Waals surface area contributed by atoms with Gasteiger partial charge in [-0.25, -0.2) is 4.79 Å². The highest BCUT2D eigenvalue weighted by Gasteiger charge is 2.30. The van der Waals surface area contributed by atoms with Gasteiger partial charge in [0.2, 0.25) is 0 Å². The molecule has 2 fully saturated rings. The monoisotopic (exact) mass is 236 g/mol. The molecular formula is C7H12N2O3S2. The Morgan fingerprint density at radius 3 is 1.64 bits per heavy atom. The van der Waals surface area contributed by atoms with Crippen LogP contribution in [0.5, 0.6) is 0 Å². The summed E-state index contributed by atoms with van der Waals surface area (Å²) < 4.78 is 22.2. The summed E-state index contributed by atoms with van der Waals surface area (Å²) in [6.45, 7) is 1.13. The third-order valence-corrected chi connectivity index (χ3v) is 4.79. The van der Waals surface area contributed by atoms with Crippen molar-refractivity contribution in [2.45, 2.75) is 0 Å². The molecule has 5 nitrogen and oxygen atoms in total.